The number of hydrogen-bond acceptors (Lipinski definition) is 4. The Balaban J connectivity index is 1.82. The van der Waals surface area contributed by atoms with Crippen LogP contribution in [-0.2, 0) is 0 Å². The van der Waals surface area contributed by atoms with Gasteiger partial charge in [0.25, 0.3) is 0 Å². The summed E-state index contributed by atoms with van der Waals surface area (Å²) in [5.74, 6) is 1.18. The summed E-state index contributed by atoms with van der Waals surface area (Å²) >= 11 is 0. The fourth-order valence-corrected chi connectivity index (χ4v) is 1.80. The Labute approximate surface area is 95.3 Å². The van der Waals surface area contributed by atoms with Crippen molar-refractivity contribution in [2.45, 2.75) is 12.8 Å². The summed E-state index contributed by atoms with van der Waals surface area (Å²) in [4.78, 5) is 4.07. The fourth-order valence-electron chi connectivity index (χ4n) is 1.80. The van der Waals surface area contributed by atoms with Crippen LogP contribution in [0.3, 0.4) is 0 Å². The van der Waals surface area contributed by atoms with Crippen molar-refractivity contribution in [2.24, 2.45) is 5.92 Å². The van der Waals surface area contributed by atoms with E-state index in [-0.39, 0.29) is 0 Å². The van der Waals surface area contributed by atoms with E-state index in [2.05, 4.69) is 10.3 Å². The molecule has 1 atom stereocenters. The molecule has 0 saturated carbocycles. The van der Waals surface area contributed by atoms with Gasteiger partial charge in [-0.05, 0) is 25.5 Å². The minimum Gasteiger partial charge on any atom is -0.477 e. The van der Waals surface area contributed by atoms with E-state index >= 15 is 0 Å². The lowest BCUT2D eigenvalue weighted by atomic mass is 10.0. The van der Waals surface area contributed by atoms with Gasteiger partial charge in [-0.3, -0.25) is 0 Å². The lowest BCUT2D eigenvalue weighted by Crippen LogP contribution is -2.33. The molecule has 2 rings (SSSR count). The van der Waals surface area contributed by atoms with Gasteiger partial charge in [-0.2, -0.15) is 5.26 Å². The van der Waals surface area contributed by atoms with E-state index in [1.807, 2.05) is 6.07 Å². The lowest BCUT2D eigenvalue weighted by molar-refractivity contribution is 0.212. The average molecular weight is 217 g/mol. The Kier molecular flexibility index (Phi) is 3.73. The van der Waals surface area contributed by atoms with Crippen LogP contribution >= 0.6 is 0 Å². The number of piperidine rings is 1. The second-order valence-corrected chi connectivity index (χ2v) is 4.02. The van der Waals surface area contributed by atoms with Crippen LogP contribution in [0.15, 0.2) is 18.3 Å². The van der Waals surface area contributed by atoms with Crippen molar-refractivity contribution < 1.29 is 4.74 Å². The molecular formula is C12H15N3O. The third-order valence-electron chi connectivity index (χ3n) is 2.73. The Hall–Kier alpha value is -1.60. The molecule has 0 radical (unpaired) electrons. The molecule has 1 N–H and O–H groups in total. The molecule has 2 heterocycles. The first-order chi connectivity index (χ1) is 7.88. The van der Waals surface area contributed by atoms with Crippen molar-refractivity contribution >= 4 is 0 Å². The maximum Gasteiger partial charge on any atom is 0.213 e. The quantitative estimate of drug-likeness (QED) is 0.829. The van der Waals surface area contributed by atoms with Crippen molar-refractivity contribution in [1.29, 1.82) is 5.26 Å². The van der Waals surface area contributed by atoms with Gasteiger partial charge >= 0.3 is 0 Å². The lowest BCUT2D eigenvalue weighted by Gasteiger charge is -2.22. The monoisotopic (exact) mass is 217 g/mol. The summed E-state index contributed by atoms with van der Waals surface area (Å²) in [6.07, 6.45) is 3.96. The van der Waals surface area contributed by atoms with Gasteiger partial charge in [0.2, 0.25) is 5.88 Å². The zero-order valence-corrected chi connectivity index (χ0v) is 9.15. The van der Waals surface area contributed by atoms with Gasteiger partial charge in [-0.1, -0.05) is 0 Å². The van der Waals surface area contributed by atoms with Gasteiger partial charge in [-0.25, -0.2) is 4.98 Å². The Morgan fingerprint density at radius 2 is 2.50 bits per heavy atom. The molecule has 1 fully saturated rings. The number of nitrogens with zero attached hydrogens (tertiary/aromatic N) is 2. The van der Waals surface area contributed by atoms with Crippen LogP contribution in [0.4, 0.5) is 0 Å². The van der Waals surface area contributed by atoms with Gasteiger partial charge < -0.3 is 10.1 Å². The van der Waals surface area contributed by atoms with Gasteiger partial charge in [0.1, 0.15) is 6.07 Å². The smallest absolute Gasteiger partial charge is 0.213 e. The molecule has 1 aliphatic rings. The maximum atomic E-state index is 8.62. The zero-order chi connectivity index (χ0) is 11.2. The average Bonchev–Trinajstić information content (AvgIpc) is 2.38. The SMILES string of the molecule is N#Cc1ccc(OC[C@@H]2CCCNC2)nc1. The van der Waals surface area contributed by atoms with Gasteiger partial charge in [0.05, 0.1) is 12.2 Å². The second-order valence-electron chi connectivity index (χ2n) is 4.02. The Morgan fingerprint density at radius 1 is 1.56 bits per heavy atom. The molecule has 84 valence electrons. The molecular weight excluding hydrogens is 202 g/mol. The highest BCUT2D eigenvalue weighted by Crippen LogP contribution is 2.13. The Morgan fingerprint density at radius 3 is 3.12 bits per heavy atom. The number of rotatable bonds is 3. The predicted octanol–water partition coefficient (Wildman–Crippen LogP) is 1.33. The first-order valence-corrected chi connectivity index (χ1v) is 5.58. The molecule has 1 aromatic heterocycles. The van der Waals surface area contributed by atoms with Crippen molar-refractivity contribution in [3.05, 3.63) is 23.9 Å². The van der Waals surface area contributed by atoms with Crippen LogP contribution in [0.5, 0.6) is 5.88 Å². The number of hydrogen-bond donors (Lipinski definition) is 1. The first-order valence-electron chi connectivity index (χ1n) is 5.58. The van der Waals surface area contributed by atoms with Crippen LogP contribution in [0.1, 0.15) is 18.4 Å². The summed E-state index contributed by atoms with van der Waals surface area (Å²) in [5.41, 5.74) is 0.562. The minimum absolute atomic E-state index is 0.562. The molecule has 1 saturated heterocycles. The zero-order valence-electron chi connectivity index (χ0n) is 9.15. The van der Waals surface area contributed by atoms with E-state index in [1.165, 1.54) is 19.0 Å². The van der Waals surface area contributed by atoms with Crippen LogP contribution < -0.4 is 10.1 Å². The molecule has 4 nitrogen and oxygen atoms in total. The molecule has 0 spiro atoms. The number of nitrogens with one attached hydrogen (secondary N) is 1. The van der Waals surface area contributed by atoms with E-state index in [1.54, 1.807) is 12.1 Å². The summed E-state index contributed by atoms with van der Waals surface area (Å²) in [6.45, 7) is 2.84. The van der Waals surface area contributed by atoms with E-state index < -0.39 is 0 Å². The van der Waals surface area contributed by atoms with Gasteiger partial charge in [0, 0.05) is 24.7 Å². The van der Waals surface area contributed by atoms with E-state index in [9.17, 15) is 0 Å². The summed E-state index contributed by atoms with van der Waals surface area (Å²) in [7, 11) is 0. The fraction of sp³-hybridized carbons (Fsp3) is 0.500. The number of nitriles is 1. The minimum atomic E-state index is 0.562. The molecule has 0 amide bonds. The topological polar surface area (TPSA) is 57.9 Å². The number of aromatic nitrogens is 1. The van der Waals surface area contributed by atoms with Crippen LogP contribution in [0.25, 0.3) is 0 Å². The first kappa shape index (κ1) is 10.9. The number of pyridine rings is 1. The molecule has 1 aliphatic heterocycles. The van der Waals surface area contributed by atoms with Crippen LogP contribution in [0.2, 0.25) is 0 Å². The van der Waals surface area contributed by atoms with Crippen molar-refractivity contribution in [3.63, 3.8) is 0 Å². The van der Waals surface area contributed by atoms with Crippen molar-refractivity contribution in [2.75, 3.05) is 19.7 Å². The standard InChI is InChI=1S/C12H15N3O/c13-6-10-3-4-12(15-8-10)16-9-11-2-1-5-14-7-11/h3-4,8,11,14H,1-2,5,7,9H2/t11-/m1/s1. The predicted molar refractivity (Wildman–Crippen MR) is 60.0 cm³/mol. The number of ether oxygens (including phenoxy) is 1. The third kappa shape index (κ3) is 2.94. The van der Waals surface area contributed by atoms with Gasteiger partial charge in [0.15, 0.2) is 0 Å². The highest BCUT2D eigenvalue weighted by Gasteiger charge is 2.13. The molecule has 0 aliphatic carbocycles. The molecule has 1 aromatic rings. The second kappa shape index (κ2) is 5.47. The molecule has 0 bridgehead atoms. The van der Waals surface area contributed by atoms with Gasteiger partial charge in [-0.15, -0.1) is 0 Å². The molecule has 4 heteroatoms. The largest absolute Gasteiger partial charge is 0.477 e. The van der Waals surface area contributed by atoms with E-state index in [0.717, 1.165) is 13.1 Å². The summed E-state index contributed by atoms with van der Waals surface area (Å²) in [5, 5.41) is 12.0. The van der Waals surface area contributed by atoms with Crippen molar-refractivity contribution in [3.8, 4) is 11.9 Å². The third-order valence-corrected chi connectivity index (χ3v) is 2.73. The summed E-state index contributed by atoms with van der Waals surface area (Å²) in [6, 6.07) is 5.50. The van der Waals surface area contributed by atoms with Crippen LogP contribution in [0, 0.1) is 17.2 Å². The normalized spacial score (nSPS) is 20.1. The van der Waals surface area contributed by atoms with Crippen molar-refractivity contribution in [1.82, 2.24) is 10.3 Å². The maximum absolute atomic E-state index is 8.62. The van der Waals surface area contributed by atoms with E-state index in [4.69, 9.17) is 10.00 Å². The van der Waals surface area contributed by atoms with Crippen LogP contribution in [-0.4, -0.2) is 24.7 Å². The Bertz CT molecular complexity index is 363. The molecule has 0 unspecified atom stereocenters. The highest BCUT2D eigenvalue weighted by molar-refractivity contribution is 5.28. The summed E-state index contributed by atoms with van der Waals surface area (Å²) < 4.78 is 5.58. The molecule has 16 heavy (non-hydrogen) atoms. The highest BCUT2D eigenvalue weighted by atomic mass is 16.5. The van der Waals surface area contributed by atoms with E-state index in [0.29, 0.717) is 24.0 Å². The molecule has 0 aromatic carbocycles.